The van der Waals surface area contributed by atoms with Crippen LogP contribution in [0, 0.1) is 0 Å². The van der Waals surface area contributed by atoms with E-state index in [1.807, 2.05) is 0 Å². The fraction of sp³-hybridized carbons (Fsp3) is 0. The normalized spacial score (nSPS) is 12.0. The van der Waals surface area contributed by atoms with Gasteiger partial charge in [0.25, 0.3) is 0 Å². The number of fused-ring (bicyclic) bond motifs is 10. The molecule has 3 heteroatoms. The van der Waals surface area contributed by atoms with Crippen molar-refractivity contribution in [3.05, 3.63) is 194 Å². The molecule has 12 rings (SSSR count). The molecule has 0 saturated heterocycles. The maximum absolute atomic E-state index is 6.70. The van der Waals surface area contributed by atoms with Gasteiger partial charge in [0.05, 0.1) is 22.1 Å². The van der Waals surface area contributed by atoms with Crippen molar-refractivity contribution in [3.8, 4) is 33.6 Å². The van der Waals surface area contributed by atoms with E-state index < -0.39 is 0 Å². The van der Waals surface area contributed by atoms with Gasteiger partial charge in [-0.15, -0.1) is 0 Å². The average molecular weight is 701 g/mol. The van der Waals surface area contributed by atoms with Gasteiger partial charge in [-0.05, 0) is 112 Å². The SMILES string of the molecule is c1ccc(-n2c3ccccc3c3cc(-c4ccc5c(c4)oc4cc(-c6cccc7c6c6ccccc6n7-c6ccc7ccccc7c6)ccc45)ccc32)cc1. The molecule has 0 aliphatic rings. The molecule has 9 aromatic carbocycles. The van der Waals surface area contributed by atoms with Crippen LogP contribution in [0.2, 0.25) is 0 Å². The number of benzene rings is 9. The Balaban J connectivity index is 0.983. The number of rotatable bonds is 4. The second kappa shape index (κ2) is 11.6. The lowest BCUT2D eigenvalue weighted by atomic mass is 9.98. The third-order valence-electron chi connectivity index (χ3n) is 11.5. The first kappa shape index (κ1) is 30.1. The number of nitrogens with zero attached hydrogens (tertiary/aromatic N) is 2. The molecule has 256 valence electrons. The number of hydrogen-bond acceptors (Lipinski definition) is 1. The van der Waals surface area contributed by atoms with Gasteiger partial charge in [0, 0.05) is 43.7 Å². The zero-order valence-electron chi connectivity index (χ0n) is 29.8. The number of aromatic nitrogens is 2. The molecule has 0 saturated carbocycles. The number of furan rings is 1. The van der Waals surface area contributed by atoms with Crippen LogP contribution in [0.5, 0.6) is 0 Å². The summed E-state index contributed by atoms with van der Waals surface area (Å²) in [5.74, 6) is 0. The molecular formula is C52H32N2O. The highest BCUT2D eigenvalue weighted by Gasteiger charge is 2.18. The molecule has 0 atom stereocenters. The maximum atomic E-state index is 6.70. The molecule has 0 spiro atoms. The predicted octanol–water partition coefficient (Wildman–Crippen LogP) is 14.3. The van der Waals surface area contributed by atoms with E-state index in [0.717, 1.165) is 44.4 Å². The highest BCUT2D eigenvalue weighted by molar-refractivity contribution is 6.17. The Morgan fingerprint density at radius 3 is 1.75 bits per heavy atom. The van der Waals surface area contributed by atoms with Crippen LogP contribution in [0.4, 0.5) is 0 Å². The topological polar surface area (TPSA) is 23.0 Å². The van der Waals surface area contributed by atoms with E-state index >= 15 is 0 Å². The second-order valence-corrected chi connectivity index (χ2v) is 14.5. The molecule has 0 unspecified atom stereocenters. The van der Waals surface area contributed by atoms with E-state index in [1.54, 1.807) is 0 Å². The molecule has 0 amide bonds. The molecule has 0 fully saturated rings. The van der Waals surface area contributed by atoms with Gasteiger partial charge >= 0.3 is 0 Å². The molecule has 0 radical (unpaired) electrons. The molecule has 3 heterocycles. The summed E-state index contributed by atoms with van der Waals surface area (Å²) < 4.78 is 11.5. The zero-order valence-corrected chi connectivity index (χ0v) is 29.8. The van der Waals surface area contributed by atoms with Gasteiger partial charge in [0.1, 0.15) is 11.2 Å². The molecule has 3 nitrogen and oxygen atoms in total. The molecule has 3 aromatic heterocycles. The molecule has 12 aromatic rings. The van der Waals surface area contributed by atoms with Crippen LogP contribution in [0.25, 0.3) is 110 Å². The predicted molar refractivity (Wildman–Crippen MR) is 231 cm³/mol. The smallest absolute Gasteiger partial charge is 0.136 e. The summed E-state index contributed by atoms with van der Waals surface area (Å²) in [6, 6.07) is 70.2. The van der Waals surface area contributed by atoms with Gasteiger partial charge in [-0.2, -0.15) is 0 Å². The number of para-hydroxylation sites is 3. The lowest BCUT2D eigenvalue weighted by Crippen LogP contribution is -1.93. The van der Waals surface area contributed by atoms with Crippen molar-refractivity contribution < 1.29 is 4.42 Å². The minimum atomic E-state index is 0.890. The van der Waals surface area contributed by atoms with Crippen LogP contribution < -0.4 is 0 Å². The third kappa shape index (κ3) is 4.50. The first-order chi connectivity index (χ1) is 27.3. The van der Waals surface area contributed by atoms with Crippen molar-refractivity contribution in [3.63, 3.8) is 0 Å². The standard InChI is InChI=1S/C52H32N2O/c1-2-13-38(14-3-1)53-46-18-8-6-15-41(46)45-30-35(24-28-48(45)53)36-22-26-42-43-27-23-37(32-51(43)55-50(42)31-36)40-17-10-20-49-52(40)44-16-7-9-19-47(44)54(49)39-25-21-33-11-4-5-12-34(33)29-39/h1-32H. The van der Waals surface area contributed by atoms with E-state index in [4.69, 9.17) is 4.42 Å². The number of hydrogen-bond donors (Lipinski definition) is 0. The Bertz CT molecular complexity index is 3490. The van der Waals surface area contributed by atoms with Crippen LogP contribution in [-0.4, -0.2) is 9.13 Å². The van der Waals surface area contributed by atoms with E-state index in [2.05, 4.69) is 203 Å². The lowest BCUT2D eigenvalue weighted by Gasteiger charge is -2.10. The van der Waals surface area contributed by atoms with Crippen molar-refractivity contribution >= 4 is 76.3 Å². The minimum Gasteiger partial charge on any atom is -0.456 e. The Kier molecular flexibility index (Phi) is 6.34. The Morgan fingerprint density at radius 1 is 0.309 bits per heavy atom. The largest absolute Gasteiger partial charge is 0.456 e. The highest BCUT2D eigenvalue weighted by Crippen LogP contribution is 2.42. The second-order valence-electron chi connectivity index (χ2n) is 14.5. The van der Waals surface area contributed by atoms with Crippen molar-refractivity contribution in [1.29, 1.82) is 0 Å². The Hall–Kier alpha value is -7.36. The van der Waals surface area contributed by atoms with Crippen molar-refractivity contribution in [2.24, 2.45) is 0 Å². The summed E-state index contributed by atoms with van der Waals surface area (Å²) in [4.78, 5) is 0. The van der Waals surface area contributed by atoms with E-state index in [9.17, 15) is 0 Å². The van der Waals surface area contributed by atoms with Crippen molar-refractivity contribution in [2.45, 2.75) is 0 Å². The van der Waals surface area contributed by atoms with Gasteiger partial charge in [0.2, 0.25) is 0 Å². The van der Waals surface area contributed by atoms with E-state index in [0.29, 0.717) is 0 Å². The van der Waals surface area contributed by atoms with Gasteiger partial charge < -0.3 is 13.6 Å². The average Bonchev–Trinajstić information content (AvgIpc) is 3.90. The summed E-state index contributed by atoms with van der Waals surface area (Å²) in [5.41, 5.74) is 13.5. The molecule has 0 N–H and O–H groups in total. The molecule has 0 aliphatic carbocycles. The maximum Gasteiger partial charge on any atom is 0.136 e. The van der Waals surface area contributed by atoms with Gasteiger partial charge in [-0.1, -0.05) is 115 Å². The zero-order chi connectivity index (χ0) is 36.0. The summed E-state index contributed by atoms with van der Waals surface area (Å²) in [6.45, 7) is 0. The van der Waals surface area contributed by atoms with E-state index in [-0.39, 0.29) is 0 Å². The first-order valence-electron chi connectivity index (χ1n) is 18.8. The lowest BCUT2D eigenvalue weighted by molar-refractivity contribution is 0.669. The third-order valence-corrected chi connectivity index (χ3v) is 11.5. The van der Waals surface area contributed by atoms with Crippen LogP contribution in [0.1, 0.15) is 0 Å². The quantitative estimate of drug-likeness (QED) is 0.179. The molecule has 0 aliphatic heterocycles. The summed E-state index contributed by atoms with van der Waals surface area (Å²) >= 11 is 0. The van der Waals surface area contributed by atoms with Crippen molar-refractivity contribution in [2.75, 3.05) is 0 Å². The van der Waals surface area contributed by atoms with Crippen LogP contribution in [0.3, 0.4) is 0 Å². The van der Waals surface area contributed by atoms with Gasteiger partial charge in [-0.3, -0.25) is 0 Å². The summed E-state index contributed by atoms with van der Waals surface area (Å²) in [7, 11) is 0. The summed E-state index contributed by atoms with van der Waals surface area (Å²) in [6.07, 6.45) is 0. The molecule has 0 bridgehead atoms. The van der Waals surface area contributed by atoms with Crippen LogP contribution in [-0.2, 0) is 0 Å². The highest BCUT2D eigenvalue weighted by atomic mass is 16.3. The molecular weight excluding hydrogens is 669 g/mol. The Labute approximate surface area is 316 Å². The fourth-order valence-electron chi connectivity index (χ4n) is 8.99. The first-order valence-corrected chi connectivity index (χ1v) is 18.8. The Morgan fingerprint density at radius 2 is 0.909 bits per heavy atom. The van der Waals surface area contributed by atoms with Crippen molar-refractivity contribution in [1.82, 2.24) is 9.13 Å². The molecule has 55 heavy (non-hydrogen) atoms. The van der Waals surface area contributed by atoms with E-state index in [1.165, 1.54) is 65.5 Å². The van der Waals surface area contributed by atoms with Crippen LogP contribution >= 0.6 is 0 Å². The van der Waals surface area contributed by atoms with Crippen LogP contribution in [0.15, 0.2) is 199 Å². The monoisotopic (exact) mass is 700 g/mol. The fourth-order valence-corrected chi connectivity index (χ4v) is 8.99. The van der Waals surface area contributed by atoms with Gasteiger partial charge in [0.15, 0.2) is 0 Å². The van der Waals surface area contributed by atoms with Gasteiger partial charge in [-0.25, -0.2) is 0 Å². The minimum absolute atomic E-state index is 0.890. The summed E-state index contributed by atoms with van der Waals surface area (Å²) in [5, 5.41) is 9.69.